The second kappa shape index (κ2) is 8.17. The van der Waals surface area contributed by atoms with Gasteiger partial charge in [0.05, 0.1) is 11.3 Å². The first-order chi connectivity index (χ1) is 13.3. The number of benzene rings is 2. The molecule has 0 radical (unpaired) electrons. The van der Waals surface area contributed by atoms with Crippen LogP contribution < -0.4 is 5.32 Å². The summed E-state index contributed by atoms with van der Waals surface area (Å²) >= 11 is 0. The van der Waals surface area contributed by atoms with Crippen molar-refractivity contribution >= 4 is 17.5 Å². The fourth-order valence-electron chi connectivity index (χ4n) is 3.48. The average molecular weight is 379 g/mol. The molecule has 4 nitrogen and oxygen atoms in total. The molecular weight excluding hydrogens is 348 g/mol. The predicted molar refractivity (Wildman–Crippen MR) is 114 cm³/mol. The average Bonchev–Trinajstić information content (AvgIpc) is 2.68. The molecule has 1 saturated heterocycles. The van der Waals surface area contributed by atoms with E-state index in [0.29, 0.717) is 22.7 Å². The van der Waals surface area contributed by atoms with E-state index in [0.717, 1.165) is 25.9 Å². The van der Waals surface area contributed by atoms with Crippen LogP contribution in [0.1, 0.15) is 66.8 Å². The van der Waals surface area contributed by atoms with E-state index in [2.05, 4.69) is 33.0 Å². The van der Waals surface area contributed by atoms with E-state index < -0.39 is 0 Å². The molecule has 4 heteroatoms. The summed E-state index contributed by atoms with van der Waals surface area (Å²) in [5.41, 5.74) is 2.92. The van der Waals surface area contributed by atoms with Gasteiger partial charge in [0.25, 0.3) is 11.8 Å². The Balaban J connectivity index is 1.76. The molecule has 1 fully saturated rings. The number of rotatable bonds is 3. The van der Waals surface area contributed by atoms with Crippen LogP contribution >= 0.6 is 0 Å². The molecule has 0 aromatic heterocycles. The van der Waals surface area contributed by atoms with Crippen LogP contribution in [0.3, 0.4) is 0 Å². The molecule has 0 atom stereocenters. The molecule has 0 spiro atoms. The van der Waals surface area contributed by atoms with E-state index >= 15 is 0 Å². The zero-order valence-corrected chi connectivity index (χ0v) is 17.3. The summed E-state index contributed by atoms with van der Waals surface area (Å²) in [7, 11) is 0. The summed E-state index contributed by atoms with van der Waals surface area (Å²) in [5.74, 6) is 0.453. The SMILES string of the molecule is CC1CCN(C(=O)c2ccccc2NC(=O)c2ccc(C(C)(C)C)cc2)CC1. The van der Waals surface area contributed by atoms with Crippen molar-refractivity contribution in [3.05, 3.63) is 65.2 Å². The molecule has 148 valence electrons. The van der Waals surface area contributed by atoms with Crippen LogP contribution in [-0.4, -0.2) is 29.8 Å². The number of hydrogen-bond acceptors (Lipinski definition) is 2. The molecule has 2 aromatic carbocycles. The fourth-order valence-corrected chi connectivity index (χ4v) is 3.48. The molecule has 2 amide bonds. The van der Waals surface area contributed by atoms with Gasteiger partial charge >= 0.3 is 0 Å². The van der Waals surface area contributed by atoms with Crippen molar-refractivity contribution in [3.63, 3.8) is 0 Å². The van der Waals surface area contributed by atoms with Gasteiger partial charge in [0, 0.05) is 18.7 Å². The molecule has 1 heterocycles. The quantitative estimate of drug-likeness (QED) is 0.807. The Bertz CT molecular complexity index is 842. The topological polar surface area (TPSA) is 49.4 Å². The maximum atomic E-state index is 13.0. The van der Waals surface area contributed by atoms with Crippen LogP contribution in [-0.2, 0) is 5.41 Å². The maximum absolute atomic E-state index is 13.0. The Labute approximate surface area is 167 Å². The van der Waals surface area contributed by atoms with Crippen LogP contribution in [0.2, 0.25) is 0 Å². The standard InChI is InChI=1S/C24H30N2O2/c1-17-13-15-26(16-14-17)23(28)20-7-5-6-8-21(20)25-22(27)18-9-11-19(12-10-18)24(2,3)4/h5-12,17H,13-16H2,1-4H3,(H,25,27). The highest BCUT2D eigenvalue weighted by molar-refractivity contribution is 6.09. The van der Waals surface area contributed by atoms with Crippen molar-refractivity contribution in [3.8, 4) is 0 Å². The third kappa shape index (κ3) is 4.61. The minimum Gasteiger partial charge on any atom is -0.339 e. The van der Waals surface area contributed by atoms with Gasteiger partial charge in [0.2, 0.25) is 0 Å². The van der Waals surface area contributed by atoms with Gasteiger partial charge in [-0.3, -0.25) is 9.59 Å². The van der Waals surface area contributed by atoms with Crippen molar-refractivity contribution < 1.29 is 9.59 Å². The van der Waals surface area contributed by atoms with Gasteiger partial charge in [-0.2, -0.15) is 0 Å². The molecule has 0 unspecified atom stereocenters. The molecule has 1 N–H and O–H groups in total. The van der Waals surface area contributed by atoms with Gasteiger partial charge in [-0.05, 0) is 54.0 Å². The number of piperidine rings is 1. The summed E-state index contributed by atoms with van der Waals surface area (Å²) in [6, 6.07) is 14.9. The van der Waals surface area contributed by atoms with Crippen LogP contribution in [0.4, 0.5) is 5.69 Å². The Morgan fingerprint density at radius 3 is 2.18 bits per heavy atom. The number of hydrogen-bond donors (Lipinski definition) is 1. The lowest BCUT2D eigenvalue weighted by Gasteiger charge is -2.30. The Morgan fingerprint density at radius 1 is 0.964 bits per heavy atom. The van der Waals surface area contributed by atoms with Crippen molar-refractivity contribution in [1.29, 1.82) is 0 Å². The van der Waals surface area contributed by atoms with Crippen molar-refractivity contribution in [2.45, 2.75) is 46.0 Å². The number of likely N-dealkylation sites (tertiary alicyclic amines) is 1. The van der Waals surface area contributed by atoms with Crippen LogP contribution in [0.5, 0.6) is 0 Å². The van der Waals surface area contributed by atoms with E-state index in [9.17, 15) is 9.59 Å². The van der Waals surface area contributed by atoms with Crippen molar-refractivity contribution in [2.75, 3.05) is 18.4 Å². The zero-order chi connectivity index (χ0) is 20.3. The van der Waals surface area contributed by atoms with Crippen LogP contribution in [0.25, 0.3) is 0 Å². The molecule has 28 heavy (non-hydrogen) atoms. The predicted octanol–water partition coefficient (Wildman–Crippen LogP) is 5.11. The highest BCUT2D eigenvalue weighted by Gasteiger charge is 2.24. The largest absolute Gasteiger partial charge is 0.339 e. The van der Waals surface area contributed by atoms with Gasteiger partial charge in [-0.25, -0.2) is 0 Å². The lowest BCUT2D eigenvalue weighted by molar-refractivity contribution is 0.0698. The second-order valence-corrected chi connectivity index (χ2v) is 8.80. The minimum atomic E-state index is -0.201. The first-order valence-corrected chi connectivity index (χ1v) is 10.1. The molecule has 3 rings (SSSR count). The number of carbonyl (C=O) groups excluding carboxylic acids is 2. The summed E-state index contributed by atoms with van der Waals surface area (Å²) in [5, 5.41) is 2.93. The third-order valence-corrected chi connectivity index (χ3v) is 5.49. The number of amides is 2. The molecule has 1 aliphatic heterocycles. The smallest absolute Gasteiger partial charge is 0.255 e. The van der Waals surface area contributed by atoms with Gasteiger partial charge in [-0.1, -0.05) is 52.0 Å². The van der Waals surface area contributed by atoms with E-state index in [-0.39, 0.29) is 17.2 Å². The summed E-state index contributed by atoms with van der Waals surface area (Å²) < 4.78 is 0. The van der Waals surface area contributed by atoms with Crippen LogP contribution in [0.15, 0.2) is 48.5 Å². The molecule has 0 bridgehead atoms. The van der Waals surface area contributed by atoms with Gasteiger partial charge < -0.3 is 10.2 Å². The molecule has 2 aromatic rings. The Kier molecular flexibility index (Phi) is 5.87. The Hall–Kier alpha value is -2.62. The first-order valence-electron chi connectivity index (χ1n) is 10.1. The van der Waals surface area contributed by atoms with Crippen LogP contribution in [0, 0.1) is 5.92 Å². The highest BCUT2D eigenvalue weighted by atomic mass is 16.2. The number of nitrogens with zero attached hydrogens (tertiary/aromatic N) is 1. The van der Waals surface area contributed by atoms with E-state index in [1.807, 2.05) is 41.3 Å². The van der Waals surface area contributed by atoms with Crippen molar-refractivity contribution in [2.24, 2.45) is 5.92 Å². The summed E-state index contributed by atoms with van der Waals surface area (Å²) in [4.78, 5) is 27.6. The summed E-state index contributed by atoms with van der Waals surface area (Å²) in [6.07, 6.45) is 2.06. The third-order valence-electron chi connectivity index (χ3n) is 5.49. The number of anilines is 1. The molecule has 0 saturated carbocycles. The highest BCUT2D eigenvalue weighted by Crippen LogP contribution is 2.24. The zero-order valence-electron chi connectivity index (χ0n) is 17.3. The molecule has 1 aliphatic rings. The monoisotopic (exact) mass is 378 g/mol. The minimum absolute atomic E-state index is 0.00844. The van der Waals surface area contributed by atoms with Gasteiger partial charge in [-0.15, -0.1) is 0 Å². The van der Waals surface area contributed by atoms with E-state index in [1.165, 1.54) is 5.56 Å². The van der Waals surface area contributed by atoms with Gasteiger partial charge in [0.15, 0.2) is 0 Å². The summed E-state index contributed by atoms with van der Waals surface area (Å²) in [6.45, 7) is 10.2. The van der Waals surface area contributed by atoms with E-state index in [1.54, 1.807) is 12.1 Å². The lowest BCUT2D eigenvalue weighted by Crippen LogP contribution is -2.38. The first kappa shape index (κ1) is 20.1. The van der Waals surface area contributed by atoms with E-state index in [4.69, 9.17) is 0 Å². The lowest BCUT2D eigenvalue weighted by atomic mass is 9.86. The second-order valence-electron chi connectivity index (χ2n) is 8.80. The number of para-hydroxylation sites is 1. The molecule has 0 aliphatic carbocycles. The van der Waals surface area contributed by atoms with Gasteiger partial charge in [0.1, 0.15) is 0 Å². The normalized spacial score (nSPS) is 15.4. The Morgan fingerprint density at radius 2 is 1.57 bits per heavy atom. The maximum Gasteiger partial charge on any atom is 0.255 e. The molecular formula is C24H30N2O2. The number of nitrogens with one attached hydrogen (secondary N) is 1. The number of carbonyl (C=O) groups is 2. The fraction of sp³-hybridized carbons (Fsp3) is 0.417. The van der Waals surface area contributed by atoms with Crippen molar-refractivity contribution in [1.82, 2.24) is 4.90 Å².